The predicted octanol–water partition coefficient (Wildman–Crippen LogP) is 4.15. The molecule has 0 N–H and O–H groups in total. The molecule has 0 unspecified atom stereocenters. The number of ether oxygens (including phenoxy) is 1. The number of anilines is 1. The lowest BCUT2D eigenvalue weighted by Crippen LogP contribution is -2.58. The number of hydrogen-bond acceptors (Lipinski definition) is 6. The van der Waals surface area contributed by atoms with Crippen LogP contribution in [0.5, 0.6) is 0 Å². The van der Waals surface area contributed by atoms with Crippen LogP contribution in [0.4, 0.5) is 10.5 Å². The summed E-state index contributed by atoms with van der Waals surface area (Å²) in [4.78, 5) is 21.3. The van der Waals surface area contributed by atoms with Crippen LogP contribution in [-0.4, -0.2) is 95.9 Å². The summed E-state index contributed by atoms with van der Waals surface area (Å²) in [7, 11) is 2.24. The molecule has 2 aliphatic heterocycles. The first-order valence-corrected chi connectivity index (χ1v) is 13.5. The maximum absolute atomic E-state index is 12.1. The SMILES string of the molecule is CCOC(=O)N1CCN(c2ccnn3cc(-c4ccc([C@@]5(C)CN(C(C)C)CCN5C)cc4)cc23)CC1. The Morgan fingerprint density at radius 1 is 1.03 bits per heavy atom. The fraction of sp³-hybridized carbons (Fsp3) is 0.517. The molecule has 8 heteroatoms. The molecule has 0 aliphatic carbocycles. The first-order valence-electron chi connectivity index (χ1n) is 13.5. The first kappa shape index (κ1) is 25.5. The summed E-state index contributed by atoms with van der Waals surface area (Å²) in [6.45, 7) is 15.3. The van der Waals surface area contributed by atoms with Crippen molar-refractivity contribution < 1.29 is 9.53 Å². The van der Waals surface area contributed by atoms with Crippen molar-refractivity contribution in [3.63, 3.8) is 0 Å². The summed E-state index contributed by atoms with van der Waals surface area (Å²) in [5.41, 5.74) is 5.92. The van der Waals surface area contributed by atoms with Crippen molar-refractivity contribution >= 4 is 17.3 Å². The Morgan fingerprint density at radius 2 is 1.76 bits per heavy atom. The molecular weight excluding hydrogens is 464 g/mol. The van der Waals surface area contributed by atoms with Gasteiger partial charge in [0.2, 0.25) is 0 Å². The van der Waals surface area contributed by atoms with E-state index in [9.17, 15) is 4.79 Å². The van der Waals surface area contributed by atoms with Gasteiger partial charge in [0, 0.05) is 69.8 Å². The zero-order valence-electron chi connectivity index (χ0n) is 22.9. The standard InChI is InChI=1S/C29H40N6O2/c1-6-37-28(36)33-17-15-32(16-18-33)26-11-12-30-35-20-24(19-27(26)35)23-7-9-25(10-8-23)29(4)21-34(22(2)3)14-13-31(29)5/h7-12,19-20,22H,6,13-18,21H2,1-5H3/t29-/m1/s1. The highest BCUT2D eigenvalue weighted by atomic mass is 16.6. The molecule has 1 amide bonds. The fourth-order valence-corrected chi connectivity index (χ4v) is 5.66. The Kier molecular flexibility index (Phi) is 7.14. The van der Waals surface area contributed by atoms with Gasteiger partial charge >= 0.3 is 6.09 Å². The van der Waals surface area contributed by atoms with Crippen LogP contribution in [0.1, 0.15) is 33.3 Å². The number of rotatable bonds is 5. The van der Waals surface area contributed by atoms with Crippen molar-refractivity contribution in [1.29, 1.82) is 0 Å². The molecule has 8 nitrogen and oxygen atoms in total. The lowest BCUT2D eigenvalue weighted by molar-refractivity contribution is 0.0102. The summed E-state index contributed by atoms with van der Waals surface area (Å²) in [6, 6.07) is 13.9. The van der Waals surface area contributed by atoms with Crippen LogP contribution in [0.3, 0.4) is 0 Å². The number of piperazine rings is 2. The number of likely N-dealkylation sites (N-methyl/N-ethyl adjacent to an activating group) is 1. The van der Waals surface area contributed by atoms with Gasteiger partial charge in [0.25, 0.3) is 0 Å². The van der Waals surface area contributed by atoms with E-state index in [-0.39, 0.29) is 11.6 Å². The van der Waals surface area contributed by atoms with Gasteiger partial charge in [-0.15, -0.1) is 0 Å². The van der Waals surface area contributed by atoms with Gasteiger partial charge in [0.05, 0.1) is 23.3 Å². The molecule has 37 heavy (non-hydrogen) atoms. The highest BCUT2D eigenvalue weighted by molar-refractivity contribution is 5.80. The Labute approximate surface area is 220 Å². The van der Waals surface area contributed by atoms with Crippen LogP contribution in [0.2, 0.25) is 0 Å². The van der Waals surface area contributed by atoms with Crippen LogP contribution in [0.15, 0.2) is 48.8 Å². The predicted molar refractivity (Wildman–Crippen MR) is 148 cm³/mol. The molecule has 5 rings (SSSR count). The second-order valence-corrected chi connectivity index (χ2v) is 10.8. The summed E-state index contributed by atoms with van der Waals surface area (Å²) < 4.78 is 7.13. The number of carbonyl (C=O) groups is 1. The van der Waals surface area contributed by atoms with Crippen molar-refractivity contribution in [3.8, 4) is 11.1 Å². The summed E-state index contributed by atoms with van der Waals surface area (Å²) in [5, 5.41) is 4.58. The Balaban J connectivity index is 1.36. The third-order valence-electron chi connectivity index (χ3n) is 8.28. The molecule has 0 bridgehead atoms. The van der Waals surface area contributed by atoms with Gasteiger partial charge in [-0.1, -0.05) is 24.3 Å². The Hall–Kier alpha value is -3.10. The molecule has 198 valence electrons. The van der Waals surface area contributed by atoms with E-state index < -0.39 is 0 Å². The molecule has 0 saturated carbocycles. The normalized spacial score (nSPS) is 21.7. The average molecular weight is 505 g/mol. The van der Waals surface area contributed by atoms with Gasteiger partial charge < -0.3 is 14.5 Å². The maximum Gasteiger partial charge on any atom is 0.409 e. The van der Waals surface area contributed by atoms with Crippen molar-refractivity contribution in [1.82, 2.24) is 24.3 Å². The number of amides is 1. The molecule has 0 spiro atoms. The number of fused-ring (bicyclic) bond motifs is 1. The lowest BCUT2D eigenvalue weighted by atomic mass is 9.86. The van der Waals surface area contributed by atoms with E-state index in [4.69, 9.17) is 4.74 Å². The van der Waals surface area contributed by atoms with Crippen LogP contribution in [-0.2, 0) is 10.3 Å². The monoisotopic (exact) mass is 504 g/mol. The average Bonchev–Trinajstić information content (AvgIpc) is 3.35. The summed E-state index contributed by atoms with van der Waals surface area (Å²) >= 11 is 0. The van der Waals surface area contributed by atoms with E-state index in [1.165, 1.54) is 11.1 Å². The van der Waals surface area contributed by atoms with Gasteiger partial charge in [-0.25, -0.2) is 9.31 Å². The van der Waals surface area contributed by atoms with Crippen LogP contribution >= 0.6 is 0 Å². The quantitative estimate of drug-likeness (QED) is 0.520. The van der Waals surface area contributed by atoms with E-state index in [2.05, 4.69) is 90.2 Å². The van der Waals surface area contributed by atoms with Crippen molar-refractivity contribution in [3.05, 3.63) is 54.4 Å². The highest BCUT2D eigenvalue weighted by Gasteiger charge is 2.37. The van der Waals surface area contributed by atoms with E-state index in [1.54, 1.807) is 4.90 Å². The third-order valence-corrected chi connectivity index (χ3v) is 8.28. The summed E-state index contributed by atoms with van der Waals surface area (Å²) in [5.74, 6) is 0. The smallest absolute Gasteiger partial charge is 0.409 e. The largest absolute Gasteiger partial charge is 0.450 e. The lowest BCUT2D eigenvalue weighted by Gasteiger charge is -2.49. The maximum atomic E-state index is 12.1. The zero-order chi connectivity index (χ0) is 26.2. The van der Waals surface area contributed by atoms with Gasteiger partial charge in [-0.05, 0) is 58.0 Å². The van der Waals surface area contributed by atoms with Gasteiger partial charge in [-0.3, -0.25) is 9.80 Å². The summed E-state index contributed by atoms with van der Waals surface area (Å²) in [6.07, 6.45) is 3.74. The Morgan fingerprint density at radius 3 is 2.43 bits per heavy atom. The topological polar surface area (TPSA) is 56.6 Å². The molecule has 2 fully saturated rings. The third kappa shape index (κ3) is 4.92. The second-order valence-electron chi connectivity index (χ2n) is 10.8. The molecule has 0 radical (unpaired) electrons. The molecule has 1 aromatic carbocycles. The molecule has 4 heterocycles. The van der Waals surface area contributed by atoms with E-state index >= 15 is 0 Å². The fourth-order valence-electron chi connectivity index (χ4n) is 5.66. The molecule has 2 saturated heterocycles. The van der Waals surface area contributed by atoms with E-state index in [0.29, 0.717) is 25.7 Å². The van der Waals surface area contributed by atoms with Crippen LogP contribution in [0, 0.1) is 0 Å². The zero-order valence-corrected chi connectivity index (χ0v) is 22.9. The minimum absolute atomic E-state index is 0.00699. The minimum atomic E-state index is -0.222. The number of aromatic nitrogens is 2. The first-order chi connectivity index (χ1) is 17.8. The van der Waals surface area contributed by atoms with Gasteiger partial charge in [0.15, 0.2) is 0 Å². The molecular formula is C29H40N6O2. The molecule has 2 aliphatic rings. The van der Waals surface area contributed by atoms with Crippen LogP contribution < -0.4 is 4.90 Å². The van der Waals surface area contributed by atoms with Crippen molar-refractivity contribution in [2.45, 2.75) is 39.3 Å². The number of hydrogen-bond donors (Lipinski definition) is 0. The van der Waals surface area contributed by atoms with Gasteiger partial charge in [0.1, 0.15) is 0 Å². The second kappa shape index (κ2) is 10.3. The van der Waals surface area contributed by atoms with E-state index in [1.807, 2.05) is 17.6 Å². The van der Waals surface area contributed by atoms with Crippen molar-refractivity contribution in [2.24, 2.45) is 0 Å². The molecule has 2 aromatic heterocycles. The number of benzene rings is 1. The van der Waals surface area contributed by atoms with E-state index in [0.717, 1.165) is 49.5 Å². The molecule has 3 aromatic rings. The molecule has 1 atom stereocenters. The van der Waals surface area contributed by atoms with Crippen LogP contribution in [0.25, 0.3) is 16.6 Å². The van der Waals surface area contributed by atoms with Gasteiger partial charge in [-0.2, -0.15) is 5.10 Å². The number of nitrogens with zero attached hydrogens (tertiary/aromatic N) is 6. The van der Waals surface area contributed by atoms with Crippen molar-refractivity contribution in [2.75, 3.05) is 64.4 Å². The highest BCUT2D eigenvalue weighted by Crippen LogP contribution is 2.34. The number of carbonyl (C=O) groups excluding carboxylic acids is 1. The minimum Gasteiger partial charge on any atom is -0.450 e. The Bertz CT molecular complexity index is 1230.